The average Bonchev–Trinajstić information content (AvgIpc) is 2.68. The number of methoxy groups -OCH3 is 1. The van der Waals surface area contributed by atoms with Gasteiger partial charge in [-0.2, -0.15) is 0 Å². The Morgan fingerprint density at radius 1 is 1.30 bits per heavy atom. The minimum absolute atomic E-state index is 0.0679. The maximum Gasteiger partial charge on any atom is 0.342 e. The molecular formula is C20H21ClN2O4. The molecule has 0 saturated carbocycles. The molecule has 3 rings (SSSR count). The van der Waals surface area contributed by atoms with Crippen LogP contribution in [0, 0.1) is 0 Å². The van der Waals surface area contributed by atoms with Crippen LogP contribution in [-0.4, -0.2) is 25.6 Å². The number of rotatable bonds is 5. The smallest absolute Gasteiger partial charge is 0.342 e. The minimum atomic E-state index is -0.701. The number of ether oxygens (including phenoxy) is 2. The lowest BCUT2D eigenvalue weighted by Crippen LogP contribution is -2.34. The van der Waals surface area contributed by atoms with Crippen LogP contribution in [0.25, 0.3) is 0 Å². The van der Waals surface area contributed by atoms with Gasteiger partial charge >= 0.3 is 5.97 Å². The summed E-state index contributed by atoms with van der Waals surface area (Å²) in [5.74, 6) is -0.818. The van der Waals surface area contributed by atoms with Crippen LogP contribution in [0.1, 0.15) is 40.4 Å². The Balaban J connectivity index is 1.62. The average molecular weight is 389 g/mol. The predicted octanol–water partition coefficient (Wildman–Crippen LogP) is 3.28. The van der Waals surface area contributed by atoms with Crippen LogP contribution in [0.2, 0.25) is 5.02 Å². The summed E-state index contributed by atoms with van der Waals surface area (Å²) in [6.45, 7) is -0.386. The first kappa shape index (κ1) is 19.0. The molecule has 1 amide bonds. The summed E-state index contributed by atoms with van der Waals surface area (Å²) in [7, 11) is 1.41. The number of aryl methyl sites for hydroxylation is 1. The number of fused-ring (bicyclic) bond motifs is 1. The van der Waals surface area contributed by atoms with Gasteiger partial charge in [0.2, 0.25) is 0 Å². The van der Waals surface area contributed by atoms with Gasteiger partial charge in [-0.3, -0.25) is 4.79 Å². The Morgan fingerprint density at radius 2 is 2.07 bits per heavy atom. The maximum atomic E-state index is 12.3. The summed E-state index contributed by atoms with van der Waals surface area (Å²) in [6.07, 6.45) is 2.87. The minimum Gasteiger partial charge on any atom is -0.496 e. The number of benzene rings is 2. The standard InChI is InChI=1S/C20H21ClN2O4/c1-26-18-10-16(22)15(21)9-14(18)20(25)27-11-19(24)23-17-8-4-6-12-5-2-3-7-13(12)17/h2-3,5,7,9-10,17H,4,6,8,11,22H2,1H3,(H,23,24)/t17-/m0/s1. The van der Waals surface area contributed by atoms with E-state index in [4.69, 9.17) is 26.8 Å². The molecule has 0 unspecified atom stereocenters. The molecule has 0 heterocycles. The Kier molecular flexibility index (Phi) is 5.86. The number of hydrogen-bond donors (Lipinski definition) is 2. The molecule has 1 atom stereocenters. The fourth-order valence-corrected chi connectivity index (χ4v) is 3.41. The monoisotopic (exact) mass is 388 g/mol. The van der Waals surface area contributed by atoms with Gasteiger partial charge in [0, 0.05) is 6.07 Å². The highest BCUT2D eigenvalue weighted by atomic mass is 35.5. The molecule has 1 aliphatic rings. The molecule has 0 fully saturated rings. The molecule has 0 spiro atoms. The fraction of sp³-hybridized carbons (Fsp3) is 0.300. The summed E-state index contributed by atoms with van der Waals surface area (Å²) in [5, 5.41) is 3.15. The van der Waals surface area contributed by atoms with Crippen molar-refractivity contribution in [1.82, 2.24) is 5.32 Å². The van der Waals surface area contributed by atoms with Crippen molar-refractivity contribution in [3.05, 3.63) is 58.1 Å². The van der Waals surface area contributed by atoms with Gasteiger partial charge in [0.05, 0.1) is 23.9 Å². The zero-order valence-electron chi connectivity index (χ0n) is 15.0. The van der Waals surface area contributed by atoms with Crippen molar-refractivity contribution in [2.75, 3.05) is 19.5 Å². The summed E-state index contributed by atoms with van der Waals surface area (Å²) < 4.78 is 10.3. The largest absolute Gasteiger partial charge is 0.496 e. The van der Waals surface area contributed by atoms with Gasteiger partial charge in [-0.25, -0.2) is 4.79 Å². The molecule has 0 radical (unpaired) electrons. The second kappa shape index (κ2) is 8.31. The zero-order chi connectivity index (χ0) is 19.4. The van der Waals surface area contributed by atoms with E-state index >= 15 is 0 Å². The normalized spacial score (nSPS) is 15.6. The van der Waals surface area contributed by atoms with Gasteiger partial charge in [0.15, 0.2) is 6.61 Å². The Morgan fingerprint density at radius 3 is 2.85 bits per heavy atom. The molecule has 3 N–H and O–H groups in total. The lowest BCUT2D eigenvalue weighted by Gasteiger charge is -2.26. The van der Waals surface area contributed by atoms with Gasteiger partial charge in [-0.1, -0.05) is 35.9 Å². The molecule has 7 heteroatoms. The van der Waals surface area contributed by atoms with E-state index in [1.165, 1.54) is 24.8 Å². The van der Waals surface area contributed by atoms with E-state index in [1.807, 2.05) is 18.2 Å². The highest BCUT2D eigenvalue weighted by molar-refractivity contribution is 6.33. The van der Waals surface area contributed by atoms with E-state index in [-0.39, 0.29) is 34.9 Å². The van der Waals surface area contributed by atoms with Crippen molar-refractivity contribution in [2.24, 2.45) is 0 Å². The number of nitrogens with two attached hydrogens (primary N) is 1. The quantitative estimate of drug-likeness (QED) is 0.606. The molecule has 6 nitrogen and oxygen atoms in total. The van der Waals surface area contributed by atoms with Crippen LogP contribution >= 0.6 is 11.6 Å². The lowest BCUT2D eigenvalue weighted by atomic mass is 9.88. The van der Waals surface area contributed by atoms with E-state index < -0.39 is 5.97 Å². The van der Waals surface area contributed by atoms with Gasteiger partial charge in [0.1, 0.15) is 11.3 Å². The van der Waals surface area contributed by atoms with Crippen molar-refractivity contribution in [2.45, 2.75) is 25.3 Å². The van der Waals surface area contributed by atoms with E-state index in [9.17, 15) is 9.59 Å². The molecule has 142 valence electrons. The number of nitrogen functional groups attached to an aromatic ring is 1. The van der Waals surface area contributed by atoms with Gasteiger partial charge < -0.3 is 20.5 Å². The molecule has 1 aliphatic carbocycles. The van der Waals surface area contributed by atoms with Crippen molar-refractivity contribution < 1.29 is 19.1 Å². The van der Waals surface area contributed by atoms with Crippen molar-refractivity contribution in [3.8, 4) is 5.75 Å². The summed E-state index contributed by atoms with van der Waals surface area (Å²) in [6, 6.07) is 10.8. The fourth-order valence-electron chi connectivity index (χ4n) is 3.25. The first-order valence-electron chi connectivity index (χ1n) is 8.67. The van der Waals surface area contributed by atoms with Crippen molar-refractivity contribution in [3.63, 3.8) is 0 Å². The Bertz CT molecular complexity index is 869. The van der Waals surface area contributed by atoms with E-state index in [0.717, 1.165) is 24.8 Å². The Labute approximate surface area is 162 Å². The molecule has 0 aromatic heterocycles. The van der Waals surface area contributed by atoms with E-state index in [2.05, 4.69) is 11.4 Å². The number of halogens is 1. The molecule has 27 heavy (non-hydrogen) atoms. The number of nitrogens with one attached hydrogen (secondary N) is 1. The van der Waals surface area contributed by atoms with Crippen molar-refractivity contribution in [1.29, 1.82) is 0 Å². The molecule has 2 aromatic rings. The molecule has 0 bridgehead atoms. The number of amides is 1. The highest BCUT2D eigenvalue weighted by Crippen LogP contribution is 2.30. The van der Waals surface area contributed by atoms with Crippen LogP contribution in [0.15, 0.2) is 36.4 Å². The van der Waals surface area contributed by atoms with E-state index in [1.54, 1.807) is 0 Å². The zero-order valence-corrected chi connectivity index (χ0v) is 15.7. The summed E-state index contributed by atoms with van der Waals surface area (Å²) in [4.78, 5) is 24.6. The van der Waals surface area contributed by atoms with Gasteiger partial charge in [-0.05, 0) is 36.5 Å². The first-order valence-corrected chi connectivity index (χ1v) is 9.04. The van der Waals surface area contributed by atoms with Crippen LogP contribution in [0.5, 0.6) is 5.75 Å². The number of carbonyl (C=O) groups is 2. The number of carbonyl (C=O) groups excluding carboxylic acids is 2. The molecule has 2 aromatic carbocycles. The summed E-state index contributed by atoms with van der Waals surface area (Å²) >= 11 is 5.96. The van der Waals surface area contributed by atoms with Crippen LogP contribution < -0.4 is 15.8 Å². The van der Waals surface area contributed by atoms with Gasteiger partial charge in [0.25, 0.3) is 5.91 Å². The molecule has 0 aliphatic heterocycles. The third kappa shape index (κ3) is 4.34. The number of esters is 1. The predicted molar refractivity (Wildman–Crippen MR) is 103 cm³/mol. The van der Waals surface area contributed by atoms with Crippen molar-refractivity contribution >= 4 is 29.2 Å². The topological polar surface area (TPSA) is 90.7 Å². The Hall–Kier alpha value is -2.73. The van der Waals surface area contributed by atoms with Gasteiger partial charge in [-0.15, -0.1) is 0 Å². The number of anilines is 1. The summed E-state index contributed by atoms with van der Waals surface area (Å²) in [5.41, 5.74) is 8.47. The van der Waals surface area contributed by atoms with Crippen LogP contribution in [-0.2, 0) is 16.0 Å². The molecule has 0 saturated heterocycles. The van der Waals surface area contributed by atoms with Crippen LogP contribution in [0.4, 0.5) is 5.69 Å². The van der Waals surface area contributed by atoms with Crippen LogP contribution in [0.3, 0.4) is 0 Å². The lowest BCUT2D eigenvalue weighted by molar-refractivity contribution is -0.125. The second-order valence-electron chi connectivity index (χ2n) is 6.36. The molecular weight excluding hydrogens is 368 g/mol. The second-order valence-corrected chi connectivity index (χ2v) is 6.77. The number of hydrogen-bond acceptors (Lipinski definition) is 5. The maximum absolute atomic E-state index is 12.3. The third-order valence-electron chi connectivity index (χ3n) is 4.58. The third-order valence-corrected chi connectivity index (χ3v) is 4.91. The highest BCUT2D eigenvalue weighted by Gasteiger charge is 2.22. The van der Waals surface area contributed by atoms with E-state index in [0.29, 0.717) is 5.69 Å². The first-order chi connectivity index (χ1) is 13.0. The SMILES string of the molecule is COc1cc(N)c(Cl)cc1C(=O)OCC(=O)N[C@H]1CCCc2ccccc21.